The molecule has 0 radical (unpaired) electrons. The van der Waals surface area contributed by atoms with E-state index in [1.807, 2.05) is 13.8 Å². The van der Waals surface area contributed by atoms with Gasteiger partial charge in [0.1, 0.15) is 0 Å². The first-order valence-electron chi connectivity index (χ1n) is 8.54. The molecule has 0 heterocycles. The first-order chi connectivity index (χ1) is 9.21. The summed E-state index contributed by atoms with van der Waals surface area (Å²) in [5.41, 5.74) is 0.762. The van der Waals surface area contributed by atoms with Crippen molar-refractivity contribution in [2.75, 3.05) is 0 Å². The maximum Gasteiger partial charge on any atom is -0.0295 e. The van der Waals surface area contributed by atoms with Gasteiger partial charge in [-0.25, -0.2) is 0 Å². The number of hydrogen-bond donors (Lipinski definition) is 0. The van der Waals surface area contributed by atoms with Crippen molar-refractivity contribution in [3.05, 3.63) is 0 Å². The van der Waals surface area contributed by atoms with Crippen molar-refractivity contribution in [2.45, 2.75) is 79.1 Å². The summed E-state index contributed by atoms with van der Waals surface area (Å²) in [6.45, 7) is 9.12. The molecule has 3 rings (SSSR count). The van der Waals surface area contributed by atoms with Gasteiger partial charge in [-0.3, -0.25) is 0 Å². The lowest BCUT2D eigenvalue weighted by molar-refractivity contribution is -0.00970. The Kier molecular flexibility index (Phi) is 6.45. The smallest absolute Gasteiger partial charge is 0.0295 e. The van der Waals surface area contributed by atoms with Crippen molar-refractivity contribution in [3.63, 3.8) is 0 Å². The summed E-state index contributed by atoms with van der Waals surface area (Å²) in [6.07, 6.45) is 20.3. The van der Waals surface area contributed by atoms with E-state index in [9.17, 15) is 0 Å². The van der Waals surface area contributed by atoms with Gasteiger partial charge in [0.25, 0.3) is 0 Å². The fourth-order valence-electron chi connectivity index (χ4n) is 5.32. The van der Waals surface area contributed by atoms with Gasteiger partial charge in [-0.2, -0.15) is 0 Å². The Morgan fingerprint density at radius 1 is 0.842 bits per heavy atom. The van der Waals surface area contributed by atoms with Crippen LogP contribution in [0.15, 0.2) is 0 Å². The molecule has 0 nitrogen and oxygen atoms in total. The SMILES string of the molecule is C#C.CC.C[C@H]1CCC[C@H]2C1CC[C@@]1(C)CCCC21. The Labute approximate surface area is 121 Å². The molecular weight excluding hydrogens is 228 g/mol. The summed E-state index contributed by atoms with van der Waals surface area (Å²) < 4.78 is 0. The second-order valence-electron chi connectivity index (χ2n) is 6.93. The average Bonchev–Trinajstić information content (AvgIpc) is 2.86. The van der Waals surface area contributed by atoms with Gasteiger partial charge in [0.2, 0.25) is 0 Å². The van der Waals surface area contributed by atoms with Crippen LogP contribution in [0, 0.1) is 41.9 Å². The molecule has 2 unspecified atom stereocenters. The zero-order valence-corrected chi connectivity index (χ0v) is 13.6. The molecule has 3 aliphatic rings. The maximum absolute atomic E-state index is 4.00. The minimum absolute atomic E-state index is 0.762. The van der Waals surface area contributed by atoms with Crippen LogP contribution in [0.25, 0.3) is 0 Å². The largest absolute Gasteiger partial charge is 0.124 e. The van der Waals surface area contributed by atoms with Crippen LogP contribution in [-0.4, -0.2) is 0 Å². The van der Waals surface area contributed by atoms with Gasteiger partial charge in [-0.15, -0.1) is 12.8 Å². The van der Waals surface area contributed by atoms with Crippen LogP contribution in [-0.2, 0) is 0 Å². The van der Waals surface area contributed by atoms with E-state index in [0.29, 0.717) is 0 Å². The van der Waals surface area contributed by atoms with Crippen LogP contribution in [0.4, 0.5) is 0 Å². The fraction of sp³-hybridized carbons (Fsp3) is 0.895. The summed E-state index contributed by atoms with van der Waals surface area (Å²) in [5.74, 6) is 4.37. The van der Waals surface area contributed by atoms with Crippen LogP contribution in [0.2, 0.25) is 0 Å². The van der Waals surface area contributed by atoms with E-state index < -0.39 is 0 Å². The third kappa shape index (κ3) is 3.18. The summed E-state index contributed by atoms with van der Waals surface area (Å²) >= 11 is 0. The van der Waals surface area contributed by atoms with E-state index in [0.717, 1.165) is 29.1 Å². The second kappa shape index (κ2) is 7.37. The van der Waals surface area contributed by atoms with Gasteiger partial charge >= 0.3 is 0 Å². The van der Waals surface area contributed by atoms with Crippen LogP contribution in [0.1, 0.15) is 79.1 Å². The van der Waals surface area contributed by atoms with Gasteiger partial charge in [0.15, 0.2) is 0 Å². The lowest BCUT2D eigenvalue weighted by Gasteiger charge is -2.50. The molecule has 5 atom stereocenters. The zero-order chi connectivity index (χ0) is 14.5. The van der Waals surface area contributed by atoms with E-state index in [1.165, 1.54) is 25.7 Å². The van der Waals surface area contributed by atoms with Crippen molar-refractivity contribution in [3.8, 4) is 12.8 Å². The topological polar surface area (TPSA) is 0 Å². The molecule has 0 bridgehead atoms. The molecule has 0 aromatic rings. The molecule has 0 aliphatic heterocycles. The number of fused-ring (bicyclic) bond motifs is 3. The van der Waals surface area contributed by atoms with Gasteiger partial charge in [0.05, 0.1) is 0 Å². The second-order valence-corrected chi connectivity index (χ2v) is 6.93. The van der Waals surface area contributed by atoms with E-state index in [2.05, 4.69) is 26.7 Å². The number of hydrogen-bond acceptors (Lipinski definition) is 0. The monoisotopic (exact) mass is 262 g/mol. The lowest BCUT2D eigenvalue weighted by Crippen LogP contribution is -2.42. The van der Waals surface area contributed by atoms with E-state index in [-0.39, 0.29) is 0 Å². The lowest BCUT2D eigenvalue weighted by atomic mass is 9.55. The van der Waals surface area contributed by atoms with Gasteiger partial charge < -0.3 is 0 Å². The highest BCUT2D eigenvalue weighted by molar-refractivity contribution is 5.00. The van der Waals surface area contributed by atoms with Crippen LogP contribution in [0.5, 0.6) is 0 Å². The Morgan fingerprint density at radius 2 is 1.53 bits per heavy atom. The predicted molar refractivity (Wildman–Crippen MR) is 85.9 cm³/mol. The van der Waals surface area contributed by atoms with E-state index >= 15 is 0 Å². The minimum Gasteiger partial charge on any atom is -0.124 e. The Bertz CT molecular complexity index is 277. The fourth-order valence-corrected chi connectivity index (χ4v) is 5.32. The van der Waals surface area contributed by atoms with Crippen molar-refractivity contribution in [2.24, 2.45) is 29.1 Å². The highest BCUT2D eigenvalue weighted by Crippen LogP contribution is 2.59. The summed E-state index contributed by atoms with van der Waals surface area (Å²) in [7, 11) is 0. The Balaban J connectivity index is 0.000000415. The quantitative estimate of drug-likeness (QED) is 0.476. The number of terminal acetylenes is 1. The average molecular weight is 262 g/mol. The van der Waals surface area contributed by atoms with Crippen LogP contribution >= 0.6 is 0 Å². The highest BCUT2D eigenvalue weighted by atomic mass is 14.5. The summed E-state index contributed by atoms with van der Waals surface area (Å²) in [5, 5.41) is 0. The third-order valence-corrected chi connectivity index (χ3v) is 6.20. The summed E-state index contributed by atoms with van der Waals surface area (Å²) in [6, 6.07) is 0. The molecule has 110 valence electrons. The predicted octanol–water partition coefficient (Wildman–Crippen LogP) is 5.91. The molecular formula is C19H34. The Hall–Kier alpha value is -0.440. The first-order valence-corrected chi connectivity index (χ1v) is 8.54. The van der Waals surface area contributed by atoms with E-state index in [1.54, 1.807) is 25.7 Å². The maximum atomic E-state index is 4.00. The molecule has 0 amide bonds. The van der Waals surface area contributed by atoms with Gasteiger partial charge in [-0.1, -0.05) is 47.0 Å². The molecule has 0 aromatic carbocycles. The van der Waals surface area contributed by atoms with Gasteiger partial charge in [0, 0.05) is 0 Å². The Morgan fingerprint density at radius 3 is 2.21 bits per heavy atom. The van der Waals surface area contributed by atoms with Crippen molar-refractivity contribution < 1.29 is 0 Å². The van der Waals surface area contributed by atoms with Crippen molar-refractivity contribution in [1.82, 2.24) is 0 Å². The molecule has 0 N–H and O–H groups in total. The highest BCUT2D eigenvalue weighted by Gasteiger charge is 2.50. The van der Waals surface area contributed by atoms with E-state index in [4.69, 9.17) is 0 Å². The minimum atomic E-state index is 0.762. The molecule has 3 aliphatic carbocycles. The van der Waals surface area contributed by atoms with Crippen molar-refractivity contribution >= 4 is 0 Å². The summed E-state index contributed by atoms with van der Waals surface area (Å²) in [4.78, 5) is 0. The standard InChI is InChI=1S/C15H26.C2H6.C2H2/c1-11-5-3-6-13-12(11)8-10-15(2)9-4-7-14(13)15;2*1-2/h11-14H,3-10H2,1-2H3;1-2H3;1-2H/t11-,12?,13-,14?,15+;;/m0../s1. The van der Waals surface area contributed by atoms with Crippen molar-refractivity contribution in [1.29, 1.82) is 0 Å². The molecule has 0 spiro atoms. The molecule has 3 saturated carbocycles. The zero-order valence-electron chi connectivity index (χ0n) is 13.6. The van der Waals surface area contributed by atoms with Crippen LogP contribution < -0.4 is 0 Å². The molecule has 0 aromatic heterocycles. The molecule has 0 heteroatoms. The number of rotatable bonds is 0. The molecule has 3 fully saturated rings. The molecule has 0 saturated heterocycles. The first kappa shape index (κ1) is 16.6. The molecule has 19 heavy (non-hydrogen) atoms. The van der Waals surface area contributed by atoms with Gasteiger partial charge in [-0.05, 0) is 61.2 Å². The third-order valence-electron chi connectivity index (χ3n) is 6.20. The van der Waals surface area contributed by atoms with Crippen LogP contribution in [0.3, 0.4) is 0 Å². The normalized spacial score (nSPS) is 43.7.